The Hall–Kier alpha value is -1.71. The molecule has 0 saturated heterocycles. The van der Waals surface area contributed by atoms with Crippen LogP contribution >= 0.6 is 0 Å². The van der Waals surface area contributed by atoms with Gasteiger partial charge in [-0.1, -0.05) is 0 Å². The van der Waals surface area contributed by atoms with Crippen LogP contribution in [0.25, 0.3) is 0 Å². The molecule has 16 heavy (non-hydrogen) atoms. The van der Waals surface area contributed by atoms with Crippen molar-refractivity contribution in [3.05, 3.63) is 23.8 Å². The lowest BCUT2D eigenvalue weighted by atomic mass is 10.1. The van der Waals surface area contributed by atoms with Gasteiger partial charge >= 0.3 is 0 Å². The topological polar surface area (TPSA) is 81.1 Å². The number of nitrogen functional groups attached to an aromatic ring is 1. The van der Waals surface area contributed by atoms with Gasteiger partial charge in [0, 0.05) is 17.4 Å². The highest BCUT2D eigenvalue weighted by atomic mass is 16.1. The van der Waals surface area contributed by atoms with Crippen molar-refractivity contribution >= 4 is 17.3 Å². The molecule has 1 amide bonds. The van der Waals surface area contributed by atoms with Crippen LogP contribution in [0.5, 0.6) is 0 Å². The lowest BCUT2D eigenvalue weighted by Crippen LogP contribution is -2.21. The average Bonchev–Trinajstić information content (AvgIpc) is 3.03. The number of nitrogens with two attached hydrogens (primary N) is 2. The quantitative estimate of drug-likeness (QED) is 0.672. The third-order valence-corrected chi connectivity index (χ3v) is 3.02. The Morgan fingerprint density at radius 2 is 2.19 bits per heavy atom. The van der Waals surface area contributed by atoms with E-state index < -0.39 is 5.91 Å². The second kappa shape index (κ2) is 4.04. The minimum atomic E-state index is -0.446. The Morgan fingerprint density at radius 1 is 1.50 bits per heavy atom. The molecule has 0 aromatic heterocycles. The predicted molar refractivity (Wildman–Crippen MR) is 65.2 cm³/mol. The normalized spacial score (nSPS) is 16.8. The molecular weight excluding hydrogens is 202 g/mol. The molecule has 0 radical (unpaired) electrons. The monoisotopic (exact) mass is 219 g/mol. The van der Waals surface area contributed by atoms with Crippen molar-refractivity contribution < 1.29 is 4.79 Å². The third kappa shape index (κ3) is 2.27. The van der Waals surface area contributed by atoms with Crippen LogP contribution in [-0.4, -0.2) is 11.9 Å². The van der Waals surface area contributed by atoms with E-state index in [1.54, 1.807) is 12.1 Å². The number of benzene rings is 1. The van der Waals surface area contributed by atoms with Crippen molar-refractivity contribution in [2.45, 2.75) is 25.8 Å². The van der Waals surface area contributed by atoms with E-state index >= 15 is 0 Å². The second-order valence-corrected chi connectivity index (χ2v) is 4.44. The molecule has 4 heteroatoms. The summed E-state index contributed by atoms with van der Waals surface area (Å²) in [7, 11) is 0. The molecule has 2 rings (SSSR count). The number of rotatable bonds is 4. The fourth-order valence-electron chi connectivity index (χ4n) is 1.85. The number of hydrogen-bond donors (Lipinski definition) is 3. The highest BCUT2D eigenvalue weighted by Gasteiger charge is 2.28. The zero-order chi connectivity index (χ0) is 11.7. The van der Waals surface area contributed by atoms with Crippen LogP contribution in [0, 0.1) is 5.92 Å². The first-order chi connectivity index (χ1) is 7.58. The molecule has 0 heterocycles. The SMILES string of the molecule is CC(Nc1ccc(N)cc1C(N)=O)C1CC1. The maximum absolute atomic E-state index is 11.3. The highest BCUT2D eigenvalue weighted by Crippen LogP contribution is 2.34. The lowest BCUT2D eigenvalue weighted by molar-refractivity contribution is 0.100. The van der Waals surface area contributed by atoms with Crippen LogP contribution in [0.2, 0.25) is 0 Å². The van der Waals surface area contributed by atoms with Crippen molar-refractivity contribution in [3.8, 4) is 0 Å². The summed E-state index contributed by atoms with van der Waals surface area (Å²) in [5, 5.41) is 3.32. The van der Waals surface area contributed by atoms with Gasteiger partial charge in [-0.05, 0) is 43.9 Å². The van der Waals surface area contributed by atoms with E-state index in [1.165, 1.54) is 12.8 Å². The molecule has 1 aliphatic rings. The van der Waals surface area contributed by atoms with E-state index in [9.17, 15) is 4.79 Å². The van der Waals surface area contributed by atoms with Crippen LogP contribution in [0.4, 0.5) is 11.4 Å². The third-order valence-electron chi connectivity index (χ3n) is 3.02. The fraction of sp³-hybridized carbons (Fsp3) is 0.417. The van der Waals surface area contributed by atoms with E-state index in [4.69, 9.17) is 11.5 Å². The number of primary amides is 1. The smallest absolute Gasteiger partial charge is 0.250 e. The number of carbonyl (C=O) groups excluding carboxylic acids is 1. The molecular formula is C12H17N3O. The highest BCUT2D eigenvalue weighted by molar-refractivity contribution is 5.99. The van der Waals surface area contributed by atoms with Gasteiger partial charge in [-0.25, -0.2) is 0 Å². The Labute approximate surface area is 95.0 Å². The van der Waals surface area contributed by atoms with Gasteiger partial charge in [0.1, 0.15) is 0 Å². The minimum Gasteiger partial charge on any atom is -0.399 e. The van der Waals surface area contributed by atoms with Gasteiger partial charge in [0.2, 0.25) is 0 Å². The summed E-state index contributed by atoms with van der Waals surface area (Å²) in [5.74, 6) is 0.274. The maximum Gasteiger partial charge on any atom is 0.250 e. The summed E-state index contributed by atoms with van der Waals surface area (Å²) in [6, 6.07) is 5.58. The van der Waals surface area contributed by atoms with Gasteiger partial charge in [0.05, 0.1) is 5.56 Å². The standard InChI is InChI=1S/C12H17N3O/c1-7(8-2-3-8)15-11-5-4-9(13)6-10(11)12(14)16/h4-8,15H,2-3,13H2,1H3,(H2,14,16). The first-order valence-electron chi connectivity index (χ1n) is 5.54. The van der Waals surface area contributed by atoms with Crippen LogP contribution in [0.3, 0.4) is 0 Å². The van der Waals surface area contributed by atoms with E-state index in [2.05, 4.69) is 12.2 Å². The molecule has 86 valence electrons. The summed E-state index contributed by atoms with van der Waals surface area (Å²) >= 11 is 0. The van der Waals surface area contributed by atoms with Gasteiger partial charge in [0.15, 0.2) is 0 Å². The number of anilines is 2. The van der Waals surface area contributed by atoms with Gasteiger partial charge in [-0.2, -0.15) is 0 Å². The number of nitrogens with one attached hydrogen (secondary N) is 1. The van der Waals surface area contributed by atoms with Crippen molar-refractivity contribution in [2.24, 2.45) is 11.7 Å². The maximum atomic E-state index is 11.3. The summed E-state index contributed by atoms with van der Waals surface area (Å²) in [4.78, 5) is 11.3. The first kappa shape index (κ1) is 10.8. The van der Waals surface area contributed by atoms with E-state index in [0.29, 0.717) is 17.3 Å². The molecule has 1 atom stereocenters. The van der Waals surface area contributed by atoms with Gasteiger partial charge < -0.3 is 16.8 Å². The van der Waals surface area contributed by atoms with E-state index in [-0.39, 0.29) is 0 Å². The van der Waals surface area contributed by atoms with Crippen molar-refractivity contribution in [3.63, 3.8) is 0 Å². The number of hydrogen-bond acceptors (Lipinski definition) is 3. The molecule has 1 fully saturated rings. The Morgan fingerprint density at radius 3 is 2.75 bits per heavy atom. The Balaban J connectivity index is 2.21. The minimum absolute atomic E-state index is 0.377. The molecule has 0 bridgehead atoms. The van der Waals surface area contributed by atoms with Crippen molar-refractivity contribution in [1.82, 2.24) is 0 Å². The molecule has 1 aromatic carbocycles. The van der Waals surface area contributed by atoms with Crippen LogP contribution < -0.4 is 16.8 Å². The molecule has 1 unspecified atom stereocenters. The summed E-state index contributed by atoms with van der Waals surface area (Å²) < 4.78 is 0. The average molecular weight is 219 g/mol. The first-order valence-corrected chi connectivity index (χ1v) is 5.54. The van der Waals surface area contributed by atoms with Crippen LogP contribution in [0.15, 0.2) is 18.2 Å². The van der Waals surface area contributed by atoms with Crippen molar-refractivity contribution in [2.75, 3.05) is 11.1 Å². The lowest BCUT2D eigenvalue weighted by Gasteiger charge is -2.16. The zero-order valence-electron chi connectivity index (χ0n) is 9.36. The Kier molecular flexibility index (Phi) is 2.73. The van der Waals surface area contributed by atoms with Gasteiger partial charge in [-0.3, -0.25) is 4.79 Å². The Bertz CT molecular complexity index is 413. The molecule has 0 aliphatic heterocycles. The molecule has 5 N–H and O–H groups in total. The molecule has 1 aromatic rings. The summed E-state index contributed by atoms with van der Waals surface area (Å²) in [6.07, 6.45) is 2.52. The van der Waals surface area contributed by atoms with Gasteiger partial charge in [-0.15, -0.1) is 0 Å². The predicted octanol–water partition coefficient (Wildman–Crippen LogP) is 1.58. The van der Waals surface area contributed by atoms with E-state index in [1.807, 2.05) is 6.07 Å². The second-order valence-electron chi connectivity index (χ2n) is 4.44. The number of amides is 1. The fourth-order valence-corrected chi connectivity index (χ4v) is 1.85. The summed E-state index contributed by atoms with van der Waals surface area (Å²) in [6.45, 7) is 2.12. The number of carbonyl (C=O) groups is 1. The molecule has 1 aliphatic carbocycles. The van der Waals surface area contributed by atoms with E-state index in [0.717, 1.165) is 11.6 Å². The van der Waals surface area contributed by atoms with Crippen molar-refractivity contribution in [1.29, 1.82) is 0 Å². The van der Waals surface area contributed by atoms with Crippen LogP contribution in [-0.2, 0) is 0 Å². The van der Waals surface area contributed by atoms with Crippen LogP contribution in [0.1, 0.15) is 30.1 Å². The molecule has 4 nitrogen and oxygen atoms in total. The molecule has 1 saturated carbocycles. The zero-order valence-corrected chi connectivity index (χ0v) is 9.36. The van der Waals surface area contributed by atoms with Gasteiger partial charge in [0.25, 0.3) is 5.91 Å². The molecule has 0 spiro atoms. The largest absolute Gasteiger partial charge is 0.399 e. The summed E-state index contributed by atoms with van der Waals surface area (Å²) in [5.41, 5.74) is 12.7.